The van der Waals surface area contributed by atoms with E-state index in [1.54, 1.807) is 0 Å². The number of rotatable bonds is 3. The number of hydrogen-bond acceptors (Lipinski definition) is 6. The number of nitrogens with zero attached hydrogens (tertiary/aromatic N) is 2. The standard InChI is InChI=1S/C7H6N2S4/c8-3-5-6(4-9)13-7(12-5)1-2-11-10/h7,10H,1-2H2. The summed E-state index contributed by atoms with van der Waals surface area (Å²) in [6.07, 6.45) is 0.972. The Morgan fingerprint density at radius 3 is 2.23 bits per heavy atom. The maximum Gasteiger partial charge on any atom is 0.110 e. The third kappa shape index (κ3) is 3.07. The summed E-state index contributed by atoms with van der Waals surface area (Å²) in [6, 6.07) is 4.09. The van der Waals surface area contributed by atoms with Gasteiger partial charge in [-0.2, -0.15) is 10.5 Å². The Kier molecular flexibility index (Phi) is 4.97. The molecule has 0 amide bonds. The van der Waals surface area contributed by atoms with Gasteiger partial charge < -0.3 is 0 Å². The van der Waals surface area contributed by atoms with Gasteiger partial charge in [-0.15, -0.1) is 11.7 Å². The molecule has 6 heteroatoms. The average molecular weight is 246 g/mol. The van der Waals surface area contributed by atoms with Gasteiger partial charge in [0, 0.05) is 5.75 Å². The molecule has 0 aromatic heterocycles. The smallest absolute Gasteiger partial charge is 0.110 e. The van der Waals surface area contributed by atoms with Gasteiger partial charge in [0.25, 0.3) is 0 Å². The Bertz CT molecular complexity index is 273. The van der Waals surface area contributed by atoms with Crippen LogP contribution in [0, 0.1) is 22.7 Å². The van der Waals surface area contributed by atoms with Crippen molar-refractivity contribution < 1.29 is 0 Å². The predicted molar refractivity (Wildman–Crippen MR) is 63.3 cm³/mol. The minimum absolute atomic E-state index is 0.323. The van der Waals surface area contributed by atoms with Crippen LogP contribution in [0.3, 0.4) is 0 Å². The number of nitriles is 2. The van der Waals surface area contributed by atoms with E-state index in [0.717, 1.165) is 12.2 Å². The Morgan fingerprint density at radius 1 is 1.31 bits per heavy atom. The fourth-order valence-corrected chi connectivity index (χ4v) is 4.24. The molecule has 0 aromatic rings. The van der Waals surface area contributed by atoms with Gasteiger partial charge in [-0.05, 0) is 6.42 Å². The molecule has 13 heavy (non-hydrogen) atoms. The fourth-order valence-electron chi connectivity index (χ4n) is 0.815. The van der Waals surface area contributed by atoms with Crippen molar-refractivity contribution in [3.8, 4) is 12.1 Å². The van der Waals surface area contributed by atoms with Gasteiger partial charge in [-0.3, -0.25) is 0 Å². The summed E-state index contributed by atoms with van der Waals surface area (Å²) in [5.74, 6) is 0.950. The summed E-state index contributed by atoms with van der Waals surface area (Å²) in [5, 5.41) is 17.4. The van der Waals surface area contributed by atoms with E-state index in [0.29, 0.717) is 14.4 Å². The summed E-state index contributed by atoms with van der Waals surface area (Å²) < 4.78 is 0.323. The van der Waals surface area contributed by atoms with Crippen LogP contribution in [0.5, 0.6) is 0 Å². The Labute approximate surface area is 94.9 Å². The van der Waals surface area contributed by atoms with E-state index < -0.39 is 0 Å². The molecule has 0 N–H and O–H groups in total. The second-order valence-electron chi connectivity index (χ2n) is 2.17. The molecule has 68 valence electrons. The van der Waals surface area contributed by atoms with Crippen LogP contribution in [0.4, 0.5) is 0 Å². The maximum atomic E-state index is 8.70. The lowest BCUT2D eigenvalue weighted by atomic mass is 10.5. The van der Waals surface area contributed by atoms with Crippen LogP contribution in [-0.2, 0) is 0 Å². The molecule has 1 aliphatic heterocycles. The Morgan fingerprint density at radius 2 is 1.85 bits per heavy atom. The van der Waals surface area contributed by atoms with Gasteiger partial charge in [-0.25, -0.2) is 0 Å². The van der Waals surface area contributed by atoms with Crippen molar-refractivity contribution in [3.05, 3.63) is 9.81 Å². The Balaban J connectivity index is 2.50. The van der Waals surface area contributed by atoms with Gasteiger partial charge in [-0.1, -0.05) is 34.3 Å². The lowest BCUT2D eigenvalue weighted by Crippen LogP contribution is -1.93. The third-order valence-electron chi connectivity index (χ3n) is 1.35. The zero-order valence-corrected chi connectivity index (χ0v) is 9.90. The highest BCUT2D eigenvalue weighted by atomic mass is 33.1. The van der Waals surface area contributed by atoms with Gasteiger partial charge in [0.15, 0.2) is 0 Å². The molecule has 0 saturated heterocycles. The molecule has 0 saturated carbocycles. The molecule has 0 radical (unpaired) electrons. The van der Waals surface area contributed by atoms with E-state index in [-0.39, 0.29) is 0 Å². The van der Waals surface area contributed by atoms with Crippen LogP contribution >= 0.6 is 46.0 Å². The first-order chi connectivity index (χ1) is 6.31. The molecule has 0 aromatic carbocycles. The van der Waals surface area contributed by atoms with Crippen LogP contribution < -0.4 is 0 Å². The summed E-state index contributed by atoms with van der Waals surface area (Å²) in [4.78, 5) is 1.14. The van der Waals surface area contributed by atoms with E-state index in [2.05, 4.69) is 11.7 Å². The van der Waals surface area contributed by atoms with Crippen LogP contribution in [0.15, 0.2) is 9.81 Å². The van der Waals surface area contributed by atoms with Gasteiger partial charge >= 0.3 is 0 Å². The molecule has 0 fully saturated rings. The minimum atomic E-state index is 0.323. The van der Waals surface area contributed by atoms with E-state index in [4.69, 9.17) is 10.5 Å². The Hall–Kier alpha value is 0.120. The molecule has 0 atom stereocenters. The summed E-state index contributed by atoms with van der Waals surface area (Å²) >= 11 is 7.03. The summed E-state index contributed by atoms with van der Waals surface area (Å²) in [5.41, 5.74) is 0. The van der Waals surface area contributed by atoms with E-state index in [1.165, 1.54) is 34.3 Å². The highest BCUT2D eigenvalue weighted by molar-refractivity contribution is 8.68. The highest BCUT2D eigenvalue weighted by Gasteiger charge is 2.25. The fraction of sp³-hybridized carbons (Fsp3) is 0.429. The first-order valence-corrected chi connectivity index (χ1v) is 7.25. The monoisotopic (exact) mass is 246 g/mol. The van der Waals surface area contributed by atoms with Gasteiger partial charge in [0.1, 0.15) is 21.9 Å². The molecular weight excluding hydrogens is 240 g/mol. The molecule has 1 rings (SSSR count). The van der Waals surface area contributed by atoms with Crippen molar-refractivity contribution >= 4 is 46.0 Å². The molecular formula is C7H6N2S4. The van der Waals surface area contributed by atoms with Gasteiger partial charge in [0.05, 0.1) is 4.58 Å². The largest absolute Gasteiger partial charge is 0.192 e. The zero-order valence-electron chi connectivity index (χ0n) is 6.56. The van der Waals surface area contributed by atoms with Gasteiger partial charge in [0.2, 0.25) is 0 Å². The topological polar surface area (TPSA) is 47.6 Å². The van der Waals surface area contributed by atoms with E-state index >= 15 is 0 Å². The van der Waals surface area contributed by atoms with E-state index in [9.17, 15) is 0 Å². The maximum absolute atomic E-state index is 8.70. The molecule has 1 heterocycles. The van der Waals surface area contributed by atoms with Crippen molar-refractivity contribution in [3.63, 3.8) is 0 Å². The first kappa shape index (κ1) is 11.2. The number of allylic oxidation sites excluding steroid dienone is 2. The minimum Gasteiger partial charge on any atom is -0.192 e. The molecule has 1 aliphatic rings. The van der Waals surface area contributed by atoms with Crippen molar-refractivity contribution in [1.29, 1.82) is 10.5 Å². The lowest BCUT2D eigenvalue weighted by Gasteiger charge is -2.04. The average Bonchev–Trinajstić information content (AvgIpc) is 2.57. The van der Waals surface area contributed by atoms with Crippen molar-refractivity contribution in [2.24, 2.45) is 0 Å². The van der Waals surface area contributed by atoms with Crippen LogP contribution in [-0.4, -0.2) is 10.3 Å². The molecule has 0 aliphatic carbocycles. The quantitative estimate of drug-likeness (QED) is 0.612. The van der Waals surface area contributed by atoms with Crippen molar-refractivity contribution in [1.82, 2.24) is 0 Å². The van der Waals surface area contributed by atoms with Crippen LogP contribution in [0.1, 0.15) is 6.42 Å². The second kappa shape index (κ2) is 5.77. The predicted octanol–water partition coefficient (Wildman–Crippen LogP) is 3.02. The first-order valence-electron chi connectivity index (χ1n) is 3.46. The third-order valence-corrected chi connectivity index (χ3v) is 5.08. The SMILES string of the molecule is N#CC1=C(C#N)SC(CCSS)S1. The molecule has 2 nitrogen and oxygen atoms in total. The van der Waals surface area contributed by atoms with E-state index in [1.807, 2.05) is 12.1 Å². The second-order valence-corrected chi connectivity index (χ2v) is 6.33. The number of hydrogen-bond donors (Lipinski definition) is 1. The van der Waals surface area contributed by atoms with Crippen molar-refractivity contribution in [2.45, 2.75) is 11.0 Å². The van der Waals surface area contributed by atoms with Crippen molar-refractivity contribution in [2.75, 3.05) is 5.75 Å². The lowest BCUT2D eigenvalue weighted by molar-refractivity contribution is 1.08. The summed E-state index contributed by atoms with van der Waals surface area (Å²) in [6.45, 7) is 0. The van der Waals surface area contributed by atoms with Crippen LogP contribution in [0.2, 0.25) is 0 Å². The zero-order chi connectivity index (χ0) is 9.68. The number of thiol groups is 1. The normalized spacial score (nSPS) is 17.2. The molecule has 0 unspecified atom stereocenters. The molecule has 0 bridgehead atoms. The number of thioether (sulfide) groups is 2. The van der Waals surface area contributed by atoms with Crippen LogP contribution in [0.25, 0.3) is 0 Å². The molecule has 0 spiro atoms. The summed E-state index contributed by atoms with van der Waals surface area (Å²) in [7, 11) is 1.49. The highest BCUT2D eigenvalue weighted by Crippen LogP contribution is 2.46.